The summed E-state index contributed by atoms with van der Waals surface area (Å²) in [6.45, 7) is 3.76. The molecular formula is C12H13NO3. The fourth-order valence-corrected chi connectivity index (χ4v) is 1.98. The first-order valence-corrected chi connectivity index (χ1v) is 5.01. The molecule has 84 valence electrons. The molecule has 1 heterocycles. The van der Waals surface area contributed by atoms with Crippen LogP contribution >= 0.6 is 0 Å². The van der Waals surface area contributed by atoms with Crippen LogP contribution in [0, 0.1) is 13.8 Å². The predicted octanol–water partition coefficient (Wildman–Crippen LogP) is 2.05. The van der Waals surface area contributed by atoms with E-state index in [1.54, 1.807) is 22.8 Å². The fraction of sp³-hybridized carbons (Fsp3) is 0.250. The van der Waals surface area contributed by atoms with E-state index >= 15 is 0 Å². The van der Waals surface area contributed by atoms with Gasteiger partial charge in [0.25, 0.3) is 0 Å². The molecule has 0 saturated carbocycles. The number of nitrogens with zero attached hydrogens (tertiary/aromatic N) is 1. The van der Waals surface area contributed by atoms with E-state index in [0.717, 1.165) is 22.2 Å². The first-order valence-electron chi connectivity index (χ1n) is 5.01. The number of aryl methyl sites for hydroxylation is 1. The molecule has 0 fully saturated rings. The van der Waals surface area contributed by atoms with Gasteiger partial charge in [-0.25, -0.2) is 0 Å². The highest BCUT2D eigenvalue weighted by Gasteiger charge is 2.13. The van der Waals surface area contributed by atoms with Crippen molar-refractivity contribution < 1.29 is 15.0 Å². The topological polar surface area (TPSA) is 62.5 Å². The molecule has 16 heavy (non-hydrogen) atoms. The van der Waals surface area contributed by atoms with Crippen molar-refractivity contribution in [1.82, 2.24) is 4.57 Å². The number of carboxylic acids is 1. The summed E-state index contributed by atoms with van der Waals surface area (Å²) in [5.41, 5.74) is 2.77. The SMILES string of the molecule is Cc1c(C)n(CC(=O)O)c2ccc(O)cc12. The lowest BCUT2D eigenvalue weighted by Gasteiger charge is -2.04. The fourth-order valence-electron chi connectivity index (χ4n) is 1.98. The maximum atomic E-state index is 10.8. The quantitative estimate of drug-likeness (QED) is 0.812. The van der Waals surface area contributed by atoms with E-state index in [2.05, 4.69) is 0 Å². The molecule has 2 rings (SSSR count). The first kappa shape index (κ1) is 10.5. The molecule has 0 saturated heterocycles. The van der Waals surface area contributed by atoms with Crippen LogP contribution in [0.2, 0.25) is 0 Å². The van der Waals surface area contributed by atoms with E-state index in [4.69, 9.17) is 5.11 Å². The molecular weight excluding hydrogens is 206 g/mol. The number of rotatable bonds is 2. The van der Waals surface area contributed by atoms with Gasteiger partial charge >= 0.3 is 5.97 Å². The Hall–Kier alpha value is -1.97. The second-order valence-corrected chi connectivity index (χ2v) is 3.89. The van der Waals surface area contributed by atoms with E-state index < -0.39 is 5.97 Å². The Morgan fingerprint density at radius 1 is 1.38 bits per heavy atom. The summed E-state index contributed by atoms with van der Waals surface area (Å²) in [6.07, 6.45) is 0. The Balaban J connectivity index is 2.73. The van der Waals surface area contributed by atoms with E-state index in [-0.39, 0.29) is 12.3 Å². The molecule has 1 aromatic carbocycles. The third-order valence-electron chi connectivity index (χ3n) is 2.92. The average molecular weight is 219 g/mol. The summed E-state index contributed by atoms with van der Waals surface area (Å²) >= 11 is 0. The number of fused-ring (bicyclic) bond motifs is 1. The summed E-state index contributed by atoms with van der Waals surface area (Å²) < 4.78 is 1.74. The van der Waals surface area contributed by atoms with Crippen LogP contribution in [-0.2, 0) is 11.3 Å². The van der Waals surface area contributed by atoms with Crippen molar-refractivity contribution in [2.24, 2.45) is 0 Å². The second-order valence-electron chi connectivity index (χ2n) is 3.89. The molecule has 2 N–H and O–H groups in total. The average Bonchev–Trinajstić information content (AvgIpc) is 2.43. The minimum Gasteiger partial charge on any atom is -0.508 e. The Morgan fingerprint density at radius 3 is 2.69 bits per heavy atom. The molecule has 0 amide bonds. The van der Waals surface area contributed by atoms with Crippen molar-refractivity contribution in [2.75, 3.05) is 0 Å². The zero-order valence-corrected chi connectivity index (χ0v) is 9.19. The lowest BCUT2D eigenvalue weighted by Crippen LogP contribution is -2.09. The summed E-state index contributed by atoms with van der Waals surface area (Å²) in [4.78, 5) is 10.8. The number of aromatic hydroxyl groups is 1. The number of aliphatic carboxylic acids is 1. The summed E-state index contributed by atoms with van der Waals surface area (Å²) in [5, 5.41) is 19.2. The standard InChI is InChI=1S/C12H13NO3/c1-7-8(2)13(6-12(15)16)11-4-3-9(14)5-10(7)11/h3-5,14H,6H2,1-2H3,(H,15,16). The maximum absolute atomic E-state index is 10.8. The molecule has 0 unspecified atom stereocenters. The van der Waals surface area contributed by atoms with Gasteiger partial charge in [-0.3, -0.25) is 4.79 Å². The van der Waals surface area contributed by atoms with Crippen LogP contribution in [0.15, 0.2) is 18.2 Å². The number of phenols is 1. The molecule has 0 spiro atoms. The van der Waals surface area contributed by atoms with Crippen molar-refractivity contribution in [2.45, 2.75) is 20.4 Å². The first-order chi connectivity index (χ1) is 7.50. The minimum atomic E-state index is -0.868. The lowest BCUT2D eigenvalue weighted by molar-refractivity contribution is -0.137. The van der Waals surface area contributed by atoms with E-state index in [0.29, 0.717) is 0 Å². The van der Waals surface area contributed by atoms with E-state index in [9.17, 15) is 9.90 Å². The summed E-state index contributed by atoms with van der Waals surface area (Å²) in [7, 11) is 0. The Bertz CT molecular complexity index is 569. The van der Waals surface area contributed by atoms with Gasteiger partial charge in [0.1, 0.15) is 12.3 Å². The second kappa shape index (κ2) is 3.56. The molecule has 0 aliphatic heterocycles. The van der Waals surface area contributed by atoms with Crippen molar-refractivity contribution in [3.05, 3.63) is 29.5 Å². The Morgan fingerprint density at radius 2 is 2.06 bits per heavy atom. The van der Waals surface area contributed by atoms with Gasteiger partial charge < -0.3 is 14.8 Å². The highest BCUT2D eigenvalue weighted by molar-refractivity contribution is 5.87. The van der Waals surface area contributed by atoms with E-state index in [1.807, 2.05) is 13.8 Å². The molecule has 1 aromatic heterocycles. The number of carboxylic acid groups (broad SMARTS) is 1. The van der Waals surface area contributed by atoms with Crippen LogP contribution in [0.5, 0.6) is 5.75 Å². The predicted molar refractivity (Wildman–Crippen MR) is 60.7 cm³/mol. The number of hydrogen-bond acceptors (Lipinski definition) is 2. The maximum Gasteiger partial charge on any atom is 0.323 e. The van der Waals surface area contributed by atoms with Gasteiger partial charge in [0.05, 0.1) is 0 Å². The molecule has 0 bridgehead atoms. The van der Waals surface area contributed by atoms with Crippen LogP contribution in [0.4, 0.5) is 0 Å². The van der Waals surface area contributed by atoms with Gasteiger partial charge in [0.15, 0.2) is 0 Å². The van der Waals surface area contributed by atoms with Crippen molar-refractivity contribution in [3.63, 3.8) is 0 Å². The van der Waals surface area contributed by atoms with Gasteiger partial charge in [-0.1, -0.05) is 0 Å². The number of aromatic nitrogens is 1. The smallest absolute Gasteiger partial charge is 0.323 e. The molecule has 4 heteroatoms. The molecule has 2 aromatic rings. The lowest BCUT2D eigenvalue weighted by atomic mass is 10.1. The highest BCUT2D eigenvalue weighted by atomic mass is 16.4. The minimum absolute atomic E-state index is 0.0546. The third-order valence-corrected chi connectivity index (χ3v) is 2.92. The van der Waals surface area contributed by atoms with Crippen molar-refractivity contribution >= 4 is 16.9 Å². The van der Waals surface area contributed by atoms with Crippen LogP contribution in [0.25, 0.3) is 10.9 Å². The molecule has 0 aliphatic carbocycles. The number of hydrogen-bond donors (Lipinski definition) is 2. The van der Waals surface area contributed by atoms with Gasteiger partial charge in [-0.15, -0.1) is 0 Å². The van der Waals surface area contributed by atoms with Crippen LogP contribution < -0.4 is 0 Å². The zero-order chi connectivity index (χ0) is 11.9. The van der Waals surface area contributed by atoms with Gasteiger partial charge in [0.2, 0.25) is 0 Å². The van der Waals surface area contributed by atoms with E-state index in [1.165, 1.54) is 0 Å². The molecule has 0 atom stereocenters. The number of carbonyl (C=O) groups is 1. The molecule has 0 aliphatic rings. The van der Waals surface area contributed by atoms with Crippen molar-refractivity contribution in [3.8, 4) is 5.75 Å². The third kappa shape index (κ3) is 1.52. The molecule has 4 nitrogen and oxygen atoms in total. The Kier molecular flexibility index (Phi) is 2.34. The number of benzene rings is 1. The van der Waals surface area contributed by atoms with Gasteiger partial charge in [-0.2, -0.15) is 0 Å². The summed E-state index contributed by atoms with van der Waals surface area (Å²) in [6, 6.07) is 4.98. The molecule has 0 radical (unpaired) electrons. The number of phenolic OH excluding ortho intramolecular Hbond substituents is 1. The monoisotopic (exact) mass is 219 g/mol. The van der Waals surface area contributed by atoms with Gasteiger partial charge in [-0.05, 0) is 37.6 Å². The van der Waals surface area contributed by atoms with Crippen LogP contribution in [0.1, 0.15) is 11.3 Å². The highest BCUT2D eigenvalue weighted by Crippen LogP contribution is 2.28. The van der Waals surface area contributed by atoms with Crippen LogP contribution in [-0.4, -0.2) is 20.7 Å². The zero-order valence-electron chi connectivity index (χ0n) is 9.19. The largest absolute Gasteiger partial charge is 0.508 e. The van der Waals surface area contributed by atoms with Crippen molar-refractivity contribution in [1.29, 1.82) is 0 Å². The normalized spacial score (nSPS) is 10.9. The van der Waals surface area contributed by atoms with Gasteiger partial charge in [0, 0.05) is 16.6 Å². The Labute approximate surface area is 92.7 Å². The van der Waals surface area contributed by atoms with Crippen LogP contribution in [0.3, 0.4) is 0 Å². The summed E-state index contributed by atoms with van der Waals surface area (Å²) in [5.74, 6) is -0.670.